The Balaban J connectivity index is 1.87. The second-order valence-electron chi connectivity index (χ2n) is 4.67. The van der Waals surface area contributed by atoms with Crippen LogP contribution in [0.4, 0.5) is 0 Å². The van der Waals surface area contributed by atoms with Gasteiger partial charge in [0, 0.05) is 22.8 Å². The zero-order valence-corrected chi connectivity index (χ0v) is 12.9. The minimum Gasteiger partial charge on any atom is -0.463 e. The van der Waals surface area contributed by atoms with Crippen molar-refractivity contribution in [1.82, 2.24) is 4.98 Å². The lowest BCUT2D eigenvalue weighted by atomic mass is 10.2. The van der Waals surface area contributed by atoms with Gasteiger partial charge in [-0.15, -0.1) is 11.3 Å². The number of fused-ring (bicyclic) bond motifs is 1. The van der Waals surface area contributed by atoms with Gasteiger partial charge in [-0.3, -0.25) is 4.98 Å². The quantitative estimate of drug-likeness (QED) is 0.462. The van der Waals surface area contributed by atoms with Gasteiger partial charge in [0.1, 0.15) is 16.4 Å². The van der Waals surface area contributed by atoms with Crippen LogP contribution in [0.5, 0.6) is 11.5 Å². The van der Waals surface area contributed by atoms with Crippen molar-refractivity contribution in [2.24, 2.45) is 0 Å². The second kappa shape index (κ2) is 5.48. The van der Waals surface area contributed by atoms with E-state index in [0.29, 0.717) is 5.02 Å². The first-order valence-corrected chi connectivity index (χ1v) is 7.84. The second-order valence-corrected chi connectivity index (χ2v) is 6.15. The van der Waals surface area contributed by atoms with Crippen LogP contribution in [0.2, 0.25) is 5.02 Å². The highest BCUT2D eigenvalue weighted by atomic mass is 35.5. The van der Waals surface area contributed by atoms with Gasteiger partial charge in [0.15, 0.2) is 5.75 Å². The minimum absolute atomic E-state index is 0.679. The van der Waals surface area contributed by atoms with Gasteiger partial charge in [-0.05, 0) is 42.5 Å². The van der Waals surface area contributed by atoms with Gasteiger partial charge in [-0.2, -0.15) is 0 Å². The van der Waals surface area contributed by atoms with Crippen LogP contribution in [0, 0.1) is 0 Å². The zero-order chi connectivity index (χ0) is 14.9. The van der Waals surface area contributed by atoms with Crippen molar-refractivity contribution >= 4 is 33.0 Å². The molecule has 0 atom stereocenters. The van der Waals surface area contributed by atoms with Crippen LogP contribution >= 0.6 is 22.9 Å². The molecule has 0 unspecified atom stereocenters. The predicted octanol–water partition coefficient (Wildman–Crippen LogP) is 6.00. The van der Waals surface area contributed by atoms with Gasteiger partial charge < -0.3 is 9.15 Å². The highest BCUT2D eigenvalue weighted by molar-refractivity contribution is 7.22. The molecule has 3 aromatic heterocycles. The predicted molar refractivity (Wildman–Crippen MR) is 88.8 cm³/mol. The summed E-state index contributed by atoms with van der Waals surface area (Å²) in [5.74, 6) is 2.29. The largest absolute Gasteiger partial charge is 0.463 e. The van der Waals surface area contributed by atoms with Gasteiger partial charge in [-0.1, -0.05) is 11.6 Å². The van der Waals surface area contributed by atoms with Crippen molar-refractivity contribution in [3.05, 3.63) is 66.1 Å². The van der Waals surface area contributed by atoms with Gasteiger partial charge in [0.05, 0.1) is 11.0 Å². The fraction of sp³-hybridized carbons (Fsp3) is 0. The Morgan fingerprint density at radius 1 is 1.09 bits per heavy atom. The summed E-state index contributed by atoms with van der Waals surface area (Å²) in [5, 5.41) is 1.69. The number of ether oxygens (including phenoxy) is 1. The molecule has 108 valence electrons. The molecule has 0 amide bonds. The average Bonchev–Trinajstić information content (AvgIpc) is 3.18. The molecule has 0 aliphatic rings. The lowest BCUT2D eigenvalue weighted by Crippen LogP contribution is -1.84. The summed E-state index contributed by atoms with van der Waals surface area (Å²) < 4.78 is 12.7. The normalized spacial score (nSPS) is 11.0. The molecule has 0 fully saturated rings. The summed E-state index contributed by atoms with van der Waals surface area (Å²) in [5.41, 5.74) is 0. The number of hydrogen-bond donors (Lipinski definition) is 0. The van der Waals surface area contributed by atoms with Gasteiger partial charge in [-0.25, -0.2) is 0 Å². The molecule has 3 heterocycles. The molecule has 0 bridgehead atoms. The Morgan fingerprint density at radius 2 is 1.95 bits per heavy atom. The molecule has 0 saturated carbocycles. The third-order valence-electron chi connectivity index (χ3n) is 3.23. The zero-order valence-electron chi connectivity index (χ0n) is 11.3. The van der Waals surface area contributed by atoms with Crippen LogP contribution in [-0.4, -0.2) is 4.98 Å². The maximum absolute atomic E-state index is 6.11. The van der Waals surface area contributed by atoms with Gasteiger partial charge in [0.2, 0.25) is 0 Å². The standard InChI is InChI=1S/C17H10ClNO2S/c18-11-3-5-12(6-4-11)21-16-13-7-8-19-10-15(13)22-17(16)14-2-1-9-20-14/h1-10H. The topological polar surface area (TPSA) is 35.3 Å². The number of rotatable bonds is 3. The average molecular weight is 328 g/mol. The summed E-state index contributed by atoms with van der Waals surface area (Å²) in [6, 6.07) is 13.0. The highest BCUT2D eigenvalue weighted by Crippen LogP contribution is 2.46. The molecular formula is C17H10ClNO2S. The van der Waals surface area contributed by atoms with Crippen molar-refractivity contribution in [3.63, 3.8) is 0 Å². The van der Waals surface area contributed by atoms with Crippen LogP contribution in [0.25, 0.3) is 20.7 Å². The molecule has 4 rings (SSSR count). The third-order valence-corrected chi connectivity index (χ3v) is 4.61. The van der Waals surface area contributed by atoms with E-state index in [2.05, 4.69) is 4.98 Å². The van der Waals surface area contributed by atoms with Gasteiger partial charge >= 0.3 is 0 Å². The van der Waals surface area contributed by atoms with Crippen LogP contribution in [0.15, 0.2) is 65.5 Å². The first kappa shape index (κ1) is 13.4. The van der Waals surface area contributed by atoms with Crippen molar-refractivity contribution in [1.29, 1.82) is 0 Å². The summed E-state index contributed by atoms with van der Waals surface area (Å²) in [6.07, 6.45) is 5.25. The van der Waals surface area contributed by atoms with Crippen LogP contribution in [0.1, 0.15) is 0 Å². The van der Waals surface area contributed by atoms with Crippen LogP contribution < -0.4 is 4.74 Å². The maximum Gasteiger partial charge on any atom is 0.157 e. The third kappa shape index (κ3) is 2.36. The maximum atomic E-state index is 6.11. The number of benzene rings is 1. The Kier molecular flexibility index (Phi) is 3.33. The van der Waals surface area contributed by atoms with Crippen LogP contribution in [-0.2, 0) is 0 Å². The molecule has 0 spiro atoms. The summed E-state index contributed by atoms with van der Waals surface area (Å²) in [7, 11) is 0. The molecule has 4 aromatic rings. The minimum atomic E-state index is 0.679. The van der Waals surface area contributed by atoms with E-state index in [0.717, 1.165) is 32.2 Å². The van der Waals surface area contributed by atoms with Crippen molar-refractivity contribution in [3.8, 4) is 22.1 Å². The van der Waals surface area contributed by atoms with E-state index in [1.165, 1.54) is 0 Å². The van der Waals surface area contributed by atoms with Gasteiger partial charge in [0.25, 0.3) is 0 Å². The molecule has 0 aliphatic heterocycles. The molecule has 1 aromatic carbocycles. The van der Waals surface area contributed by atoms with E-state index in [1.54, 1.807) is 35.9 Å². The Bertz CT molecular complexity index is 914. The fourth-order valence-corrected chi connectivity index (χ4v) is 3.41. The number of furan rings is 1. The molecule has 0 aliphatic carbocycles. The van der Waals surface area contributed by atoms with E-state index in [-0.39, 0.29) is 0 Å². The Morgan fingerprint density at radius 3 is 2.73 bits per heavy atom. The molecule has 0 N–H and O–H groups in total. The number of nitrogens with zero attached hydrogens (tertiary/aromatic N) is 1. The van der Waals surface area contributed by atoms with E-state index in [4.69, 9.17) is 20.8 Å². The molecule has 0 saturated heterocycles. The first-order valence-electron chi connectivity index (χ1n) is 6.65. The summed E-state index contributed by atoms with van der Waals surface area (Å²) in [6.45, 7) is 0. The lowest BCUT2D eigenvalue weighted by molar-refractivity contribution is 0.488. The monoisotopic (exact) mass is 327 g/mol. The summed E-state index contributed by atoms with van der Waals surface area (Å²) >= 11 is 7.52. The molecule has 0 radical (unpaired) electrons. The van der Waals surface area contributed by atoms with E-state index < -0.39 is 0 Å². The molecule has 3 nitrogen and oxygen atoms in total. The van der Waals surface area contributed by atoms with E-state index in [1.807, 2.05) is 36.5 Å². The van der Waals surface area contributed by atoms with Crippen molar-refractivity contribution in [2.75, 3.05) is 0 Å². The molecular weight excluding hydrogens is 318 g/mol. The Labute approximate surface area is 135 Å². The number of hydrogen-bond acceptors (Lipinski definition) is 4. The molecule has 22 heavy (non-hydrogen) atoms. The number of halogens is 1. The van der Waals surface area contributed by atoms with E-state index in [9.17, 15) is 0 Å². The number of pyridine rings is 1. The smallest absolute Gasteiger partial charge is 0.157 e. The van der Waals surface area contributed by atoms with Crippen molar-refractivity contribution in [2.45, 2.75) is 0 Å². The fourth-order valence-electron chi connectivity index (χ4n) is 2.22. The summed E-state index contributed by atoms with van der Waals surface area (Å²) in [4.78, 5) is 5.12. The van der Waals surface area contributed by atoms with Crippen molar-refractivity contribution < 1.29 is 9.15 Å². The SMILES string of the molecule is Clc1ccc(Oc2c(-c3ccco3)sc3cnccc23)cc1. The lowest BCUT2D eigenvalue weighted by Gasteiger charge is -2.06. The number of thiophene rings is 1. The highest BCUT2D eigenvalue weighted by Gasteiger charge is 2.18. The molecule has 5 heteroatoms. The first-order chi connectivity index (χ1) is 10.8. The van der Waals surface area contributed by atoms with E-state index >= 15 is 0 Å². The Hall–Kier alpha value is -2.30. The van der Waals surface area contributed by atoms with Crippen LogP contribution in [0.3, 0.4) is 0 Å². The number of aromatic nitrogens is 1.